The Morgan fingerprint density at radius 3 is 2.74 bits per heavy atom. The van der Waals surface area contributed by atoms with Gasteiger partial charge in [-0.1, -0.05) is 0 Å². The van der Waals surface area contributed by atoms with E-state index in [-0.39, 0.29) is 17.1 Å². The van der Waals surface area contributed by atoms with Gasteiger partial charge in [0.25, 0.3) is 11.8 Å². The second kappa shape index (κ2) is 4.58. The first-order valence-corrected chi connectivity index (χ1v) is 6.67. The standard InChI is InChI=1S/C14H9F3N4O2/c15-8-1-9(11-3-18-7-23-11)12-19-2-10(21(12)4-8)13(22)20-5-14(16,17)6-20/h1-4,7H,5-6H2. The highest BCUT2D eigenvalue weighted by Gasteiger charge is 2.47. The molecule has 3 aromatic heterocycles. The Morgan fingerprint density at radius 2 is 2.09 bits per heavy atom. The van der Waals surface area contributed by atoms with Gasteiger partial charge in [0.15, 0.2) is 12.2 Å². The minimum absolute atomic E-state index is 0.00997. The molecular formula is C14H9F3N4O2. The van der Waals surface area contributed by atoms with Crippen LogP contribution in [0.2, 0.25) is 0 Å². The fraction of sp³-hybridized carbons (Fsp3) is 0.214. The highest BCUT2D eigenvalue weighted by Crippen LogP contribution is 2.30. The number of hydrogen-bond donors (Lipinski definition) is 0. The SMILES string of the molecule is O=C(c1cnc2c(-c3cnco3)cc(F)cn12)N1CC(F)(F)C1. The molecular weight excluding hydrogens is 313 g/mol. The van der Waals surface area contributed by atoms with Crippen LogP contribution >= 0.6 is 0 Å². The number of likely N-dealkylation sites (tertiary alicyclic amines) is 1. The smallest absolute Gasteiger partial charge is 0.282 e. The molecule has 0 N–H and O–H groups in total. The van der Waals surface area contributed by atoms with Crippen LogP contribution < -0.4 is 0 Å². The molecule has 0 saturated carbocycles. The number of aromatic nitrogens is 3. The number of nitrogens with zero attached hydrogens (tertiary/aromatic N) is 4. The molecule has 118 valence electrons. The zero-order valence-corrected chi connectivity index (χ0v) is 11.5. The largest absolute Gasteiger partial charge is 0.443 e. The van der Waals surface area contributed by atoms with Crippen molar-refractivity contribution < 1.29 is 22.4 Å². The molecule has 0 aliphatic carbocycles. The average Bonchev–Trinajstić information content (AvgIpc) is 3.12. The van der Waals surface area contributed by atoms with E-state index in [1.165, 1.54) is 29.3 Å². The molecule has 4 heterocycles. The van der Waals surface area contributed by atoms with Gasteiger partial charge in [-0.2, -0.15) is 0 Å². The molecule has 9 heteroatoms. The number of hydrogen-bond acceptors (Lipinski definition) is 4. The monoisotopic (exact) mass is 322 g/mol. The van der Waals surface area contributed by atoms with E-state index < -0.39 is 30.7 Å². The van der Waals surface area contributed by atoms with Crippen LogP contribution in [0.1, 0.15) is 10.5 Å². The maximum absolute atomic E-state index is 13.9. The molecule has 0 spiro atoms. The van der Waals surface area contributed by atoms with Crippen LogP contribution in [-0.4, -0.2) is 44.2 Å². The summed E-state index contributed by atoms with van der Waals surface area (Å²) in [6.07, 6.45) is 4.88. The number of carbonyl (C=O) groups is 1. The number of fused-ring (bicyclic) bond motifs is 1. The van der Waals surface area contributed by atoms with Crippen LogP contribution in [-0.2, 0) is 0 Å². The van der Waals surface area contributed by atoms with Crippen molar-refractivity contribution in [2.75, 3.05) is 13.1 Å². The average molecular weight is 322 g/mol. The Hall–Kier alpha value is -2.84. The normalized spacial score (nSPS) is 16.6. The maximum Gasteiger partial charge on any atom is 0.282 e. The number of imidazole rings is 1. The van der Waals surface area contributed by atoms with Crippen LogP contribution in [0.15, 0.2) is 35.5 Å². The Kier molecular flexibility index (Phi) is 2.75. The summed E-state index contributed by atoms with van der Waals surface area (Å²) in [7, 11) is 0. The molecule has 1 aliphatic rings. The Bertz CT molecular complexity index is 896. The van der Waals surface area contributed by atoms with Gasteiger partial charge in [-0.25, -0.2) is 23.1 Å². The first-order chi connectivity index (χ1) is 10.9. The Balaban J connectivity index is 1.80. The first kappa shape index (κ1) is 13.8. The second-order valence-electron chi connectivity index (χ2n) is 5.29. The maximum atomic E-state index is 13.9. The summed E-state index contributed by atoms with van der Waals surface area (Å²) in [5.74, 6) is -3.83. The van der Waals surface area contributed by atoms with Crippen molar-refractivity contribution in [3.05, 3.63) is 42.6 Å². The molecule has 1 aliphatic heterocycles. The van der Waals surface area contributed by atoms with Crippen molar-refractivity contribution in [3.63, 3.8) is 0 Å². The van der Waals surface area contributed by atoms with Crippen LogP contribution in [0.5, 0.6) is 0 Å². The third-order valence-electron chi connectivity index (χ3n) is 3.62. The van der Waals surface area contributed by atoms with Gasteiger partial charge < -0.3 is 9.32 Å². The molecule has 0 bridgehead atoms. The summed E-state index contributed by atoms with van der Waals surface area (Å²) in [5, 5.41) is 0. The predicted octanol–water partition coefficient (Wildman–Crippen LogP) is 2.22. The molecule has 1 saturated heterocycles. The number of rotatable bonds is 2. The van der Waals surface area contributed by atoms with Gasteiger partial charge >= 0.3 is 0 Å². The van der Waals surface area contributed by atoms with Gasteiger partial charge in [0, 0.05) is 6.20 Å². The lowest BCUT2D eigenvalue weighted by molar-refractivity contribution is -0.113. The van der Waals surface area contributed by atoms with Crippen molar-refractivity contribution in [3.8, 4) is 11.3 Å². The summed E-state index contributed by atoms with van der Waals surface area (Å²) >= 11 is 0. The van der Waals surface area contributed by atoms with E-state index in [0.717, 1.165) is 11.1 Å². The van der Waals surface area contributed by atoms with E-state index in [4.69, 9.17) is 4.42 Å². The highest BCUT2D eigenvalue weighted by atomic mass is 19.3. The van der Waals surface area contributed by atoms with Gasteiger partial charge in [-0.15, -0.1) is 0 Å². The molecule has 0 unspecified atom stereocenters. The third kappa shape index (κ3) is 2.16. The second-order valence-corrected chi connectivity index (χ2v) is 5.29. The van der Waals surface area contributed by atoms with Crippen LogP contribution in [0.3, 0.4) is 0 Å². The van der Waals surface area contributed by atoms with Crippen LogP contribution in [0.25, 0.3) is 17.0 Å². The fourth-order valence-corrected chi connectivity index (χ4v) is 2.56. The molecule has 4 rings (SSSR count). The number of halogens is 3. The summed E-state index contributed by atoms with van der Waals surface area (Å²) in [6.45, 7) is -1.30. The Labute approximate surface area is 127 Å². The van der Waals surface area contributed by atoms with Gasteiger partial charge in [0.05, 0.1) is 31.0 Å². The van der Waals surface area contributed by atoms with Crippen LogP contribution in [0.4, 0.5) is 13.2 Å². The van der Waals surface area contributed by atoms with Crippen molar-refractivity contribution in [2.24, 2.45) is 0 Å². The molecule has 0 radical (unpaired) electrons. The van der Waals surface area contributed by atoms with Crippen molar-refractivity contribution in [1.29, 1.82) is 0 Å². The highest BCUT2D eigenvalue weighted by molar-refractivity contribution is 5.94. The molecule has 1 amide bonds. The molecule has 3 aromatic rings. The fourth-order valence-electron chi connectivity index (χ4n) is 2.56. The zero-order valence-electron chi connectivity index (χ0n) is 11.5. The zero-order chi connectivity index (χ0) is 16.2. The van der Waals surface area contributed by atoms with Gasteiger partial charge in [0.1, 0.15) is 17.2 Å². The quantitative estimate of drug-likeness (QED) is 0.726. The summed E-state index contributed by atoms with van der Waals surface area (Å²) in [6, 6.07) is 1.20. The lowest BCUT2D eigenvalue weighted by Crippen LogP contribution is -2.58. The number of amides is 1. The number of carbonyl (C=O) groups excluding carboxylic acids is 1. The predicted molar refractivity (Wildman–Crippen MR) is 71.5 cm³/mol. The number of oxazole rings is 1. The number of pyridine rings is 1. The molecule has 0 atom stereocenters. The van der Waals surface area contributed by atoms with E-state index in [1.54, 1.807) is 0 Å². The van der Waals surface area contributed by atoms with Gasteiger partial charge in [-0.05, 0) is 6.07 Å². The third-order valence-corrected chi connectivity index (χ3v) is 3.62. The first-order valence-electron chi connectivity index (χ1n) is 6.67. The topological polar surface area (TPSA) is 63.6 Å². The minimum Gasteiger partial charge on any atom is -0.443 e. The molecule has 1 fully saturated rings. The van der Waals surface area contributed by atoms with Crippen molar-refractivity contribution in [1.82, 2.24) is 19.3 Å². The summed E-state index contributed by atoms with van der Waals surface area (Å²) < 4.78 is 46.1. The van der Waals surface area contributed by atoms with Gasteiger partial charge in [-0.3, -0.25) is 9.20 Å². The number of alkyl halides is 2. The molecule has 6 nitrogen and oxygen atoms in total. The van der Waals surface area contributed by atoms with Crippen LogP contribution in [0, 0.1) is 5.82 Å². The lowest BCUT2D eigenvalue weighted by Gasteiger charge is -2.38. The van der Waals surface area contributed by atoms with Gasteiger partial charge in [0.2, 0.25) is 0 Å². The molecule has 23 heavy (non-hydrogen) atoms. The van der Waals surface area contributed by atoms with Crippen molar-refractivity contribution in [2.45, 2.75) is 5.92 Å². The van der Waals surface area contributed by atoms with E-state index >= 15 is 0 Å². The summed E-state index contributed by atoms with van der Waals surface area (Å²) in [5.41, 5.74) is 0.602. The van der Waals surface area contributed by atoms with E-state index in [1.807, 2.05) is 0 Å². The minimum atomic E-state index is -2.87. The summed E-state index contributed by atoms with van der Waals surface area (Å²) in [4.78, 5) is 21.1. The van der Waals surface area contributed by atoms with E-state index in [9.17, 15) is 18.0 Å². The molecule has 0 aromatic carbocycles. The van der Waals surface area contributed by atoms with E-state index in [0.29, 0.717) is 5.56 Å². The lowest BCUT2D eigenvalue weighted by atomic mass is 10.1. The van der Waals surface area contributed by atoms with Crippen molar-refractivity contribution >= 4 is 11.6 Å². The van der Waals surface area contributed by atoms with E-state index in [2.05, 4.69) is 9.97 Å². The Morgan fingerprint density at radius 1 is 1.30 bits per heavy atom.